The molecule has 0 spiro atoms. The summed E-state index contributed by atoms with van der Waals surface area (Å²) in [5.41, 5.74) is 0. The number of nitrogens with one attached hydrogen (secondary N) is 2. The molecule has 0 saturated heterocycles. The predicted octanol–water partition coefficient (Wildman–Crippen LogP) is 2.56. The molecule has 4 heteroatoms. The molecule has 0 fully saturated rings. The van der Waals surface area contributed by atoms with E-state index in [1.54, 1.807) is 11.3 Å². The van der Waals surface area contributed by atoms with E-state index in [0.717, 1.165) is 13.0 Å². The summed E-state index contributed by atoms with van der Waals surface area (Å²) in [5, 5.41) is 8.19. The van der Waals surface area contributed by atoms with Crippen LogP contribution in [-0.2, 0) is 4.79 Å². The van der Waals surface area contributed by atoms with Crippen molar-refractivity contribution in [2.75, 3.05) is 13.1 Å². The lowest BCUT2D eigenvalue weighted by Gasteiger charge is -2.12. The van der Waals surface area contributed by atoms with Gasteiger partial charge in [0.15, 0.2) is 0 Å². The fourth-order valence-electron chi connectivity index (χ4n) is 1.45. The Labute approximate surface area is 108 Å². The monoisotopic (exact) mass is 254 g/mol. The minimum Gasteiger partial charge on any atom is -0.355 e. The number of carbonyl (C=O) groups is 1. The second-order valence-electron chi connectivity index (χ2n) is 4.65. The zero-order chi connectivity index (χ0) is 12.7. The second-order valence-corrected chi connectivity index (χ2v) is 5.63. The summed E-state index contributed by atoms with van der Waals surface area (Å²) in [6.07, 6.45) is 1.03. The third kappa shape index (κ3) is 5.84. The lowest BCUT2D eigenvalue weighted by atomic mass is 10.1. The molecule has 1 aromatic heterocycles. The molecule has 2 N–H and O–H groups in total. The van der Waals surface area contributed by atoms with Crippen LogP contribution in [0.4, 0.5) is 0 Å². The Balaban J connectivity index is 2.15. The summed E-state index contributed by atoms with van der Waals surface area (Å²) in [6, 6.07) is 4.35. The van der Waals surface area contributed by atoms with Crippen LogP contribution in [0.1, 0.15) is 38.1 Å². The molecule has 1 aromatic rings. The SMILES string of the molecule is CC(C)CCNC(=O)CNC(C)c1cccs1. The van der Waals surface area contributed by atoms with Gasteiger partial charge in [0.2, 0.25) is 5.91 Å². The fraction of sp³-hybridized carbons (Fsp3) is 0.615. The predicted molar refractivity (Wildman–Crippen MR) is 73.2 cm³/mol. The maximum absolute atomic E-state index is 11.5. The first-order valence-electron chi connectivity index (χ1n) is 6.13. The molecule has 0 aliphatic rings. The molecule has 0 bridgehead atoms. The molecule has 0 radical (unpaired) electrons. The average Bonchev–Trinajstić information content (AvgIpc) is 2.78. The molecule has 0 aliphatic carbocycles. The Hall–Kier alpha value is -0.870. The van der Waals surface area contributed by atoms with Gasteiger partial charge in [-0.1, -0.05) is 19.9 Å². The van der Waals surface area contributed by atoms with Gasteiger partial charge in [-0.25, -0.2) is 0 Å². The minimum absolute atomic E-state index is 0.0778. The highest BCUT2D eigenvalue weighted by atomic mass is 32.1. The summed E-state index contributed by atoms with van der Waals surface area (Å²) < 4.78 is 0. The Morgan fingerprint density at radius 2 is 2.18 bits per heavy atom. The van der Waals surface area contributed by atoms with E-state index in [0.29, 0.717) is 12.5 Å². The summed E-state index contributed by atoms with van der Waals surface area (Å²) in [5.74, 6) is 0.711. The van der Waals surface area contributed by atoms with E-state index in [1.165, 1.54) is 4.88 Å². The van der Waals surface area contributed by atoms with Crippen molar-refractivity contribution >= 4 is 17.2 Å². The number of rotatable bonds is 7. The van der Waals surface area contributed by atoms with Gasteiger partial charge >= 0.3 is 0 Å². The molecule has 1 rings (SSSR count). The Bertz CT molecular complexity index is 322. The van der Waals surface area contributed by atoms with Gasteiger partial charge in [-0.2, -0.15) is 0 Å². The summed E-state index contributed by atoms with van der Waals surface area (Å²) in [4.78, 5) is 12.8. The van der Waals surface area contributed by atoms with E-state index in [-0.39, 0.29) is 11.9 Å². The van der Waals surface area contributed by atoms with Crippen molar-refractivity contribution in [3.05, 3.63) is 22.4 Å². The summed E-state index contributed by atoms with van der Waals surface area (Å²) in [7, 11) is 0. The van der Waals surface area contributed by atoms with Crippen LogP contribution in [0, 0.1) is 5.92 Å². The molecule has 1 heterocycles. The number of thiophene rings is 1. The zero-order valence-electron chi connectivity index (χ0n) is 10.8. The second kappa shape index (κ2) is 7.45. The van der Waals surface area contributed by atoms with Crippen molar-refractivity contribution in [2.24, 2.45) is 5.92 Å². The van der Waals surface area contributed by atoms with Crippen molar-refractivity contribution in [3.8, 4) is 0 Å². The van der Waals surface area contributed by atoms with E-state index < -0.39 is 0 Å². The van der Waals surface area contributed by atoms with Gasteiger partial charge in [0.25, 0.3) is 0 Å². The Morgan fingerprint density at radius 1 is 1.41 bits per heavy atom. The lowest BCUT2D eigenvalue weighted by molar-refractivity contribution is -0.120. The fourth-order valence-corrected chi connectivity index (χ4v) is 2.21. The topological polar surface area (TPSA) is 41.1 Å². The van der Waals surface area contributed by atoms with Crippen molar-refractivity contribution in [1.82, 2.24) is 10.6 Å². The largest absolute Gasteiger partial charge is 0.355 e. The normalized spacial score (nSPS) is 12.7. The highest BCUT2D eigenvalue weighted by Crippen LogP contribution is 2.17. The molecule has 1 amide bonds. The lowest BCUT2D eigenvalue weighted by Crippen LogP contribution is -2.35. The average molecular weight is 254 g/mol. The Kier molecular flexibility index (Phi) is 6.22. The van der Waals surface area contributed by atoms with Crippen LogP contribution >= 0.6 is 11.3 Å². The Morgan fingerprint density at radius 3 is 2.76 bits per heavy atom. The van der Waals surface area contributed by atoms with Crippen LogP contribution in [-0.4, -0.2) is 19.0 Å². The highest BCUT2D eigenvalue weighted by molar-refractivity contribution is 7.10. The quantitative estimate of drug-likeness (QED) is 0.785. The minimum atomic E-state index is 0.0778. The van der Waals surface area contributed by atoms with Crippen LogP contribution in [0.25, 0.3) is 0 Å². The van der Waals surface area contributed by atoms with Crippen LogP contribution in [0.15, 0.2) is 17.5 Å². The van der Waals surface area contributed by atoms with E-state index in [2.05, 4.69) is 42.9 Å². The highest BCUT2D eigenvalue weighted by Gasteiger charge is 2.07. The first-order chi connectivity index (χ1) is 8.09. The molecule has 1 unspecified atom stereocenters. The van der Waals surface area contributed by atoms with E-state index in [1.807, 2.05) is 6.07 Å². The van der Waals surface area contributed by atoms with E-state index in [4.69, 9.17) is 0 Å². The maximum atomic E-state index is 11.5. The zero-order valence-corrected chi connectivity index (χ0v) is 11.6. The van der Waals surface area contributed by atoms with Crippen LogP contribution in [0.2, 0.25) is 0 Å². The molecule has 96 valence electrons. The van der Waals surface area contributed by atoms with Gasteiger partial charge in [0.1, 0.15) is 0 Å². The van der Waals surface area contributed by atoms with Crippen molar-refractivity contribution in [1.29, 1.82) is 0 Å². The maximum Gasteiger partial charge on any atom is 0.233 e. The van der Waals surface area contributed by atoms with Crippen LogP contribution in [0.5, 0.6) is 0 Å². The first-order valence-corrected chi connectivity index (χ1v) is 7.01. The number of carbonyl (C=O) groups excluding carboxylic acids is 1. The van der Waals surface area contributed by atoms with Gasteiger partial charge in [0.05, 0.1) is 6.54 Å². The molecule has 0 aliphatic heterocycles. The van der Waals surface area contributed by atoms with Crippen molar-refractivity contribution in [3.63, 3.8) is 0 Å². The van der Waals surface area contributed by atoms with Gasteiger partial charge in [0, 0.05) is 17.5 Å². The van der Waals surface area contributed by atoms with Crippen LogP contribution in [0.3, 0.4) is 0 Å². The molecular weight excluding hydrogens is 232 g/mol. The van der Waals surface area contributed by atoms with Gasteiger partial charge < -0.3 is 10.6 Å². The molecular formula is C13H22N2OS. The molecule has 1 atom stereocenters. The third-order valence-corrected chi connectivity index (χ3v) is 3.64. The van der Waals surface area contributed by atoms with E-state index in [9.17, 15) is 4.79 Å². The smallest absolute Gasteiger partial charge is 0.233 e. The van der Waals surface area contributed by atoms with Crippen molar-refractivity contribution in [2.45, 2.75) is 33.2 Å². The van der Waals surface area contributed by atoms with Crippen LogP contribution < -0.4 is 10.6 Å². The third-order valence-electron chi connectivity index (χ3n) is 2.58. The van der Waals surface area contributed by atoms with Gasteiger partial charge in [-0.05, 0) is 30.7 Å². The number of amides is 1. The first kappa shape index (κ1) is 14.2. The summed E-state index contributed by atoms with van der Waals surface area (Å²) >= 11 is 1.71. The molecule has 3 nitrogen and oxygen atoms in total. The van der Waals surface area contributed by atoms with E-state index >= 15 is 0 Å². The van der Waals surface area contributed by atoms with Gasteiger partial charge in [-0.3, -0.25) is 4.79 Å². The van der Waals surface area contributed by atoms with Crippen molar-refractivity contribution < 1.29 is 4.79 Å². The molecule has 17 heavy (non-hydrogen) atoms. The molecule has 0 aromatic carbocycles. The number of hydrogen-bond donors (Lipinski definition) is 2. The van der Waals surface area contributed by atoms with Gasteiger partial charge in [-0.15, -0.1) is 11.3 Å². The standard InChI is InChI=1S/C13H22N2OS/c1-10(2)6-7-14-13(16)9-15-11(3)12-5-4-8-17-12/h4-5,8,10-11,15H,6-7,9H2,1-3H3,(H,14,16). The summed E-state index contributed by atoms with van der Waals surface area (Å²) in [6.45, 7) is 7.54. The molecule has 0 saturated carbocycles. The number of hydrogen-bond acceptors (Lipinski definition) is 3.